The summed E-state index contributed by atoms with van der Waals surface area (Å²) in [4.78, 5) is 0. The average molecular weight is 273 g/mol. The van der Waals surface area contributed by atoms with Gasteiger partial charge in [0.1, 0.15) is 0 Å². The number of hydrogen-bond donors (Lipinski definition) is 0. The van der Waals surface area contributed by atoms with Crippen molar-refractivity contribution in [2.75, 3.05) is 25.7 Å². The van der Waals surface area contributed by atoms with E-state index in [0.717, 1.165) is 12.5 Å². The second-order valence-corrected chi connectivity index (χ2v) is 5.88. The number of hydrogen-bond acceptors (Lipinski definition) is 3. The Bertz CT molecular complexity index is 122. The summed E-state index contributed by atoms with van der Waals surface area (Å²) < 4.78 is 16.9. The summed E-state index contributed by atoms with van der Waals surface area (Å²) in [6.45, 7) is 7.78. The molecule has 0 spiro atoms. The maximum Gasteiger partial charge on any atom is 0.500 e. The molecule has 0 heterocycles. The van der Waals surface area contributed by atoms with Gasteiger partial charge in [-0.05, 0) is 38.2 Å². The fraction of sp³-hybridized carbons (Fsp3) is 1.00. The SMILES string of the molecule is CCO[Si](CCCCl)(OCC)OCC.[SiH4]. The minimum Gasteiger partial charge on any atom is -0.374 e. The highest BCUT2D eigenvalue weighted by molar-refractivity contribution is 6.60. The van der Waals surface area contributed by atoms with E-state index < -0.39 is 8.80 Å². The van der Waals surface area contributed by atoms with Crippen molar-refractivity contribution in [3.63, 3.8) is 0 Å². The summed E-state index contributed by atoms with van der Waals surface area (Å²) in [6.07, 6.45) is 0.883. The van der Waals surface area contributed by atoms with Crippen LogP contribution in [0.4, 0.5) is 0 Å². The molecule has 15 heavy (non-hydrogen) atoms. The van der Waals surface area contributed by atoms with E-state index in [1.807, 2.05) is 20.8 Å². The summed E-state index contributed by atoms with van der Waals surface area (Å²) in [6, 6.07) is 0.812. The van der Waals surface area contributed by atoms with Crippen molar-refractivity contribution >= 4 is 31.4 Å². The molecule has 3 nitrogen and oxygen atoms in total. The summed E-state index contributed by atoms with van der Waals surface area (Å²) in [7, 11) is -2.40. The second kappa shape index (κ2) is 11.1. The summed E-state index contributed by atoms with van der Waals surface area (Å²) >= 11 is 5.66. The standard InChI is InChI=1S/C9H21ClO3Si.H4Si/c1-4-11-14(12-5-2,13-6-3)9-7-8-10;/h4-9H2,1-3H3;1H4. The third-order valence-electron chi connectivity index (χ3n) is 1.71. The molecule has 0 saturated heterocycles. The molecule has 0 aliphatic heterocycles. The minimum atomic E-state index is -2.40. The lowest BCUT2D eigenvalue weighted by atomic mass is 10.6. The summed E-state index contributed by atoms with van der Waals surface area (Å²) in [5.74, 6) is 0.627. The van der Waals surface area contributed by atoms with Crippen molar-refractivity contribution in [2.24, 2.45) is 0 Å². The zero-order valence-electron chi connectivity index (χ0n) is 9.35. The van der Waals surface area contributed by atoms with E-state index in [1.54, 1.807) is 0 Å². The Kier molecular flexibility index (Phi) is 13.3. The lowest BCUT2D eigenvalue weighted by Crippen LogP contribution is -2.46. The molecule has 0 saturated carbocycles. The Morgan fingerprint density at radius 1 is 0.933 bits per heavy atom. The fourth-order valence-electron chi connectivity index (χ4n) is 1.28. The molecule has 0 atom stereocenters. The Hall–Kier alpha value is 0.604. The van der Waals surface area contributed by atoms with Crippen LogP contribution in [0.15, 0.2) is 0 Å². The topological polar surface area (TPSA) is 27.7 Å². The zero-order valence-corrected chi connectivity index (χ0v) is 11.1. The Labute approximate surface area is 104 Å². The predicted molar refractivity (Wildman–Crippen MR) is 72.1 cm³/mol. The fourth-order valence-corrected chi connectivity index (χ4v) is 4.25. The maximum atomic E-state index is 5.66. The molecule has 6 heteroatoms. The molecule has 0 aromatic heterocycles. The molecule has 0 aromatic carbocycles. The van der Waals surface area contributed by atoms with E-state index in [2.05, 4.69) is 0 Å². The first-order valence-electron chi connectivity index (χ1n) is 5.22. The molecule has 0 aliphatic carbocycles. The molecule has 0 aliphatic rings. The van der Waals surface area contributed by atoms with Gasteiger partial charge in [-0.25, -0.2) is 0 Å². The molecule has 0 unspecified atom stereocenters. The first kappa shape index (κ1) is 18.0. The predicted octanol–water partition coefficient (Wildman–Crippen LogP) is 1.21. The summed E-state index contributed by atoms with van der Waals surface area (Å²) in [5.41, 5.74) is 0. The molecule has 0 radical (unpaired) electrons. The van der Waals surface area contributed by atoms with Gasteiger partial charge in [-0.1, -0.05) is 0 Å². The van der Waals surface area contributed by atoms with Crippen molar-refractivity contribution in [1.82, 2.24) is 0 Å². The Morgan fingerprint density at radius 2 is 1.33 bits per heavy atom. The van der Waals surface area contributed by atoms with E-state index >= 15 is 0 Å². The van der Waals surface area contributed by atoms with Crippen LogP contribution in [0.25, 0.3) is 0 Å². The first-order chi connectivity index (χ1) is 6.74. The molecule has 0 amide bonds. The van der Waals surface area contributed by atoms with Crippen LogP contribution in [0, 0.1) is 0 Å². The van der Waals surface area contributed by atoms with E-state index in [9.17, 15) is 0 Å². The van der Waals surface area contributed by atoms with Crippen LogP contribution < -0.4 is 0 Å². The average Bonchev–Trinajstić information content (AvgIpc) is 2.16. The van der Waals surface area contributed by atoms with Crippen molar-refractivity contribution in [3.05, 3.63) is 0 Å². The first-order valence-corrected chi connectivity index (χ1v) is 7.69. The van der Waals surface area contributed by atoms with Crippen LogP contribution in [-0.2, 0) is 13.3 Å². The number of alkyl halides is 1. The molecular formula is C9H25ClO3Si2. The molecule has 0 N–H and O–H groups in total. The third-order valence-corrected chi connectivity index (χ3v) is 5.13. The molecule has 0 rings (SSSR count). The van der Waals surface area contributed by atoms with Gasteiger partial charge in [-0.15, -0.1) is 11.6 Å². The van der Waals surface area contributed by atoms with Crippen molar-refractivity contribution in [1.29, 1.82) is 0 Å². The van der Waals surface area contributed by atoms with E-state index in [4.69, 9.17) is 24.9 Å². The van der Waals surface area contributed by atoms with Crippen molar-refractivity contribution in [3.8, 4) is 0 Å². The van der Waals surface area contributed by atoms with E-state index in [-0.39, 0.29) is 11.0 Å². The highest BCUT2D eigenvalue weighted by Gasteiger charge is 2.39. The van der Waals surface area contributed by atoms with E-state index in [1.165, 1.54) is 0 Å². The number of rotatable bonds is 9. The van der Waals surface area contributed by atoms with Gasteiger partial charge < -0.3 is 13.3 Å². The smallest absolute Gasteiger partial charge is 0.374 e. The van der Waals surface area contributed by atoms with E-state index in [0.29, 0.717) is 25.7 Å². The van der Waals surface area contributed by atoms with Gasteiger partial charge in [0.05, 0.1) is 0 Å². The van der Waals surface area contributed by atoms with Crippen molar-refractivity contribution < 1.29 is 13.3 Å². The van der Waals surface area contributed by atoms with Gasteiger partial charge in [-0.3, -0.25) is 0 Å². The van der Waals surface area contributed by atoms with Gasteiger partial charge in [0.25, 0.3) is 0 Å². The van der Waals surface area contributed by atoms with Crippen LogP contribution in [0.5, 0.6) is 0 Å². The molecule has 94 valence electrons. The Balaban J connectivity index is 0. The van der Waals surface area contributed by atoms with Gasteiger partial charge in [0.15, 0.2) is 0 Å². The van der Waals surface area contributed by atoms with Crippen LogP contribution in [0.2, 0.25) is 6.04 Å². The maximum absolute atomic E-state index is 5.66. The van der Waals surface area contributed by atoms with Crippen LogP contribution in [0.3, 0.4) is 0 Å². The monoisotopic (exact) mass is 272 g/mol. The second-order valence-electron chi connectivity index (χ2n) is 2.77. The van der Waals surface area contributed by atoms with Crippen LogP contribution in [0.1, 0.15) is 27.2 Å². The largest absolute Gasteiger partial charge is 0.500 e. The van der Waals surface area contributed by atoms with Crippen LogP contribution >= 0.6 is 11.6 Å². The zero-order chi connectivity index (χ0) is 10.9. The summed E-state index contributed by atoms with van der Waals surface area (Å²) in [5, 5.41) is 0. The Morgan fingerprint density at radius 3 is 1.60 bits per heavy atom. The molecule has 0 bridgehead atoms. The normalized spacial score (nSPS) is 11.2. The van der Waals surface area contributed by atoms with Gasteiger partial charge in [-0.2, -0.15) is 0 Å². The highest BCUT2D eigenvalue weighted by atomic mass is 35.5. The lowest BCUT2D eigenvalue weighted by molar-refractivity contribution is 0.0712. The highest BCUT2D eigenvalue weighted by Crippen LogP contribution is 2.18. The van der Waals surface area contributed by atoms with Gasteiger partial charge >= 0.3 is 8.80 Å². The third kappa shape index (κ3) is 7.49. The quantitative estimate of drug-likeness (QED) is 0.467. The molecule has 0 fully saturated rings. The molecular weight excluding hydrogens is 248 g/mol. The van der Waals surface area contributed by atoms with Crippen molar-refractivity contribution in [2.45, 2.75) is 33.2 Å². The lowest BCUT2D eigenvalue weighted by Gasteiger charge is -2.28. The minimum absolute atomic E-state index is 0. The van der Waals surface area contributed by atoms with Crippen LogP contribution in [-0.4, -0.2) is 45.5 Å². The molecule has 0 aromatic rings. The van der Waals surface area contributed by atoms with Gasteiger partial charge in [0, 0.05) is 31.7 Å². The van der Waals surface area contributed by atoms with Gasteiger partial charge in [0.2, 0.25) is 0 Å². The number of halogens is 1.